The van der Waals surface area contributed by atoms with Crippen LogP contribution >= 0.6 is 0 Å². The van der Waals surface area contributed by atoms with Crippen molar-refractivity contribution in [2.24, 2.45) is 0 Å². The van der Waals surface area contributed by atoms with Gasteiger partial charge in [0.05, 0.1) is 11.5 Å². The van der Waals surface area contributed by atoms with E-state index in [-0.39, 0.29) is 22.7 Å². The van der Waals surface area contributed by atoms with Crippen LogP contribution in [0.4, 0.5) is 4.39 Å². The molecule has 0 saturated carbocycles. The smallest absolute Gasteiger partial charge is 0.242 e. The van der Waals surface area contributed by atoms with E-state index in [9.17, 15) is 17.9 Å². The van der Waals surface area contributed by atoms with Crippen LogP contribution in [0, 0.1) is 5.82 Å². The quantitative estimate of drug-likeness (QED) is 0.592. The van der Waals surface area contributed by atoms with Gasteiger partial charge in [0, 0.05) is 18.3 Å². The van der Waals surface area contributed by atoms with Gasteiger partial charge in [0.15, 0.2) is 0 Å². The maximum atomic E-state index is 14.1. The van der Waals surface area contributed by atoms with Gasteiger partial charge in [-0.1, -0.05) is 36.4 Å². The molecular weight excluding hydrogens is 355 g/mol. The lowest BCUT2D eigenvalue weighted by atomic mass is 9.94. The summed E-state index contributed by atoms with van der Waals surface area (Å²) in [4.78, 5) is 2.67. The molecule has 3 N–H and O–H groups in total. The number of aromatic amines is 1. The number of hydrogen-bond donors (Lipinski definition) is 3. The molecule has 0 aliphatic heterocycles. The fraction of sp³-hybridized carbons (Fsp3) is 0.263. The summed E-state index contributed by atoms with van der Waals surface area (Å²) in [5.41, 5.74) is 1.36. The predicted octanol–water partition coefficient (Wildman–Crippen LogP) is 3.14. The third-order valence-corrected chi connectivity index (χ3v) is 5.77. The summed E-state index contributed by atoms with van der Waals surface area (Å²) >= 11 is 0. The number of aliphatic hydroxyl groups excluding tert-OH is 1. The second kappa shape index (κ2) is 7.57. The van der Waals surface area contributed by atoms with E-state index in [0.717, 1.165) is 5.56 Å². The number of halogens is 1. The van der Waals surface area contributed by atoms with Crippen LogP contribution < -0.4 is 4.72 Å². The molecule has 0 amide bonds. The molecule has 0 saturated heterocycles. The van der Waals surface area contributed by atoms with Crippen LogP contribution in [-0.2, 0) is 10.0 Å². The summed E-state index contributed by atoms with van der Waals surface area (Å²) in [6.45, 7) is 1.78. The fourth-order valence-electron chi connectivity index (χ4n) is 3.08. The van der Waals surface area contributed by atoms with E-state index in [2.05, 4.69) is 9.71 Å². The van der Waals surface area contributed by atoms with Gasteiger partial charge in [-0.25, -0.2) is 17.5 Å². The lowest BCUT2D eigenvalue weighted by molar-refractivity contribution is 0.174. The highest BCUT2D eigenvalue weighted by Crippen LogP contribution is 2.26. The monoisotopic (exact) mass is 376 g/mol. The van der Waals surface area contributed by atoms with Crippen LogP contribution in [0.2, 0.25) is 0 Å². The van der Waals surface area contributed by atoms with Crippen LogP contribution in [0.5, 0.6) is 0 Å². The number of nitrogens with one attached hydrogen (secondary N) is 2. The molecule has 0 bridgehead atoms. The summed E-state index contributed by atoms with van der Waals surface area (Å²) < 4.78 is 42.1. The molecule has 0 aliphatic rings. The van der Waals surface area contributed by atoms with Crippen LogP contribution in [0.3, 0.4) is 0 Å². The summed E-state index contributed by atoms with van der Waals surface area (Å²) in [5.74, 6) is -0.784. The van der Waals surface area contributed by atoms with E-state index < -0.39 is 21.9 Å². The van der Waals surface area contributed by atoms with Gasteiger partial charge in [0.25, 0.3) is 0 Å². The van der Waals surface area contributed by atoms with Crippen LogP contribution in [0.25, 0.3) is 10.9 Å². The number of aromatic nitrogens is 1. The van der Waals surface area contributed by atoms with Gasteiger partial charge in [0.2, 0.25) is 10.0 Å². The zero-order valence-electron chi connectivity index (χ0n) is 14.3. The van der Waals surface area contributed by atoms with Gasteiger partial charge < -0.3 is 10.1 Å². The molecule has 0 aliphatic carbocycles. The zero-order chi connectivity index (χ0) is 18.7. The van der Waals surface area contributed by atoms with Crippen molar-refractivity contribution in [3.8, 4) is 0 Å². The Hall–Kier alpha value is -2.22. The lowest BCUT2D eigenvalue weighted by Gasteiger charge is -2.19. The van der Waals surface area contributed by atoms with Gasteiger partial charge in [-0.2, -0.15) is 0 Å². The molecule has 1 heterocycles. The zero-order valence-corrected chi connectivity index (χ0v) is 15.1. The molecular formula is C19H21FN2O3S. The third kappa shape index (κ3) is 3.95. The highest BCUT2D eigenvalue weighted by molar-refractivity contribution is 7.89. The van der Waals surface area contributed by atoms with Gasteiger partial charge in [0.1, 0.15) is 10.7 Å². The minimum Gasteiger partial charge on any atom is -0.393 e. The Morgan fingerprint density at radius 2 is 1.88 bits per heavy atom. The molecule has 0 unspecified atom stereocenters. The number of aliphatic hydroxyl groups is 1. The summed E-state index contributed by atoms with van der Waals surface area (Å²) in [6, 6.07) is 13.8. The number of fused-ring (bicyclic) bond motifs is 1. The molecule has 0 radical (unpaired) electrons. The van der Waals surface area contributed by atoms with E-state index in [1.165, 1.54) is 18.3 Å². The van der Waals surface area contributed by atoms with E-state index >= 15 is 0 Å². The minimum atomic E-state index is -3.91. The highest BCUT2D eigenvalue weighted by atomic mass is 32.2. The second-order valence-corrected chi connectivity index (χ2v) is 8.09. The van der Waals surface area contributed by atoms with Gasteiger partial charge in [-0.3, -0.25) is 0 Å². The van der Waals surface area contributed by atoms with Crippen molar-refractivity contribution < 1.29 is 17.9 Å². The summed E-state index contributed by atoms with van der Waals surface area (Å²) in [7, 11) is -3.91. The number of sulfonamides is 1. The maximum absolute atomic E-state index is 14.1. The molecule has 2 atom stereocenters. The molecule has 0 spiro atoms. The summed E-state index contributed by atoms with van der Waals surface area (Å²) in [6.07, 6.45) is 1.13. The SMILES string of the molecule is C[C@@H](O)C[C@H](CNS(=O)(=O)c1c[nH]c2cccc(F)c12)c1ccccc1. The molecule has 1 aromatic heterocycles. The van der Waals surface area contributed by atoms with Gasteiger partial charge in [-0.15, -0.1) is 0 Å². The first kappa shape index (κ1) is 18.6. The minimum absolute atomic E-state index is 0.0480. The Bertz CT molecular complexity index is 984. The molecule has 138 valence electrons. The Balaban J connectivity index is 1.86. The van der Waals surface area contributed by atoms with Crippen molar-refractivity contribution >= 4 is 20.9 Å². The predicted molar refractivity (Wildman–Crippen MR) is 98.9 cm³/mol. The lowest BCUT2D eigenvalue weighted by Crippen LogP contribution is -2.29. The first-order valence-corrected chi connectivity index (χ1v) is 9.85. The number of benzene rings is 2. The van der Waals surface area contributed by atoms with Crippen molar-refractivity contribution in [2.45, 2.75) is 30.3 Å². The molecule has 3 rings (SSSR count). The van der Waals surface area contributed by atoms with Gasteiger partial charge in [-0.05, 0) is 37.0 Å². The largest absolute Gasteiger partial charge is 0.393 e. The number of rotatable bonds is 7. The molecule has 5 nitrogen and oxygen atoms in total. The van der Waals surface area contributed by atoms with E-state index in [0.29, 0.717) is 11.9 Å². The average Bonchev–Trinajstić information content (AvgIpc) is 3.05. The van der Waals surface area contributed by atoms with E-state index in [4.69, 9.17) is 0 Å². The molecule has 7 heteroatoms. The normalized spacial score (nSPS) is 14.4. The first-order chi connectivity index (χ1) is 12.4. The molecule has 0 fully saturated rings. The van der Waals surface area contributed by atoms with Crippen molar-refractivity contribution in [1.29, 1.82) is 0 Å². The Morgan fingerprint density at radius 3 is 2.58 bits per heavy atom. The standard InChI is InChI=1S/C19H21FN2O3S/c1-13(23)10-15(14-6-3-2-4-7-14)11-22-26(24,25)18-12-21-17-9-5-8-16(20)19(17)18/h2-9,12-13,15,21-23H,10-11H2,1H3/t13-,15-/m1/s1. The Labute approximate surface area is 151 Å². The molecule has 3 aromatic rings. The summed E-state index contributed by atoms with van der Waals surface area (Å²) in [5, 5.41) is 9.79. The number of H-pyrrole nitrogens is 1. The maximum Gasteiger partial charge on any atom is 0.242 e. The second-order valence-electron chi connectivity index (χ2n) is 6.36. The Kier molecular flexibility index (Phi) is 5.41. The molecule has 26 heavy (non-hydrogen) atoms. The van der Waals surface area contributed by atoms with Crippen molar-refractivity contribution in [3.05, 3.63) is 66.1 Å². The van der Waals surface area contributed by atoms with Crippen molar-refractivity contribution in [1.82, 2.24) is 9.71 Å². The van der Waals surface area contributed by atoms with Crippen molar-refractivity contribution in [2.75, 3.05) is 6.54 Å². The van der Waals surface area contributed by atoms with Crippen LogP contribution in [-0.4, -0.2) is 31.2 Å². The molecule has 2 aromatic carbocycles. The van der Waals surface area contributed by atoms with Crippen molar-refractivity contribution in [3.63, 3.8) is 0 Å². The third-order valence-electron chi connectivity index (χ3n) is 4.32. The average molecular weight is 376 g/mol. The first-order valence-electron chi connectivity index (χ1n) is 8.37. The topological polar surface area (TPSA) is 82.2 Å². The highest BCUT2D eigenvalue weighted by Gasteiger charge is 2.23. The van der Waals surface area contributed by atoms with Crippen LogP contribution in [0.1, 0.15) is 24.8 Å². The van der Waals surface area contributed by atoms with Crippen LogP contribution in [0.15, 0.2) is 59.6 Å². The van der Waals surface area contributed by atoms with E-state index in [1.54, 1.807) is 13.0 Å². The Morgan fingerprint density at radius 1 is 1.15 bits per heavy atom. The number of hydrogen-bond acceptors (Lipinski definition) is 3. The van der Waals surface area contributed by atoms with Gasteiger partial charge >= 0.3 is 0 Å². The van der Waals surface area contributed by atoms with E-state index in [1.807, 2.05) is 30.3 Å². The fourth-order valence-corrected chi connectivity index (χ4v) is 4.35.